The maximum atomic E-state index is 5.73. The first-order valence-corrected chi connectivity index (χ1v) is 7.25. The quantitative estimate of drug-likeness (QED) is 0.527. The van der Waals surface area contributed by atoms with Gasteiger partial charge in [-0.3, -0.25) is 0 Å². The molecule has 0 aliphatic heterocycles. The van der Waals surface area contributed by atoms with Gasteiger partial charge >= 0.3 is 18.9 Å². The van der Waals surface area contributed by atoms with Crippen molar-refractivity contribution in [1.29, 1.82) is 0 Å². The monoisotopic (exact) mass is 168 g/mol. The molecule has 64 valence electrons. The second-order valence-electron chi connectivity index (χ2n) is 4.96. The van der Waals surface area contributed by atoms with Gasteiger partial charge in [0.05, 0.1) is 0 Å². The number of hydrogen-bond donors (Lipinski definition) is 0. The van der Waals surface area contributed by atoms with E-state index in [4.69, 9.17) is 4.43 Å². The molecule has 0 rings (SSSR count). The maximum absolute atomic E-state index is 5.73. The van der Waals surface area contributed by atoms with Crippen molar-refractivity contribution < 1.29 is 24.7 Å². The molecule has 0 radical (unpaired) electrons. The summed E-state index contributed by atoms with van der Waals surface area (Å²) in [7, 11) is -1.27. The van der Waals surface area contributed by atoms with Crippen molar-refractivity contribution >= 4 is 8.32 Å². The van der Waals surface area contributed by atoms with E-state index < -0.39 is 8.32 Å². The van der Waals surface area contributed by atoms with Crippen LogP contribution in [0.15, 0.2) is 0 Å². The van der Waals surface area contributed by atoms with Crippen molar-refractivity contribution in [2.75, 3.05) is 6.61 Å². The Hall–Kier alpha value is 0.774. The summed E-state index contributed by atoms with van der Waals surface area (Å²) in [6.07, 6.45) is 0. The van der Waals surface area contributed by atoms with Crippen LogP contribution < -0.4 is 18.9 Å². The second-order valence-corrected chi connectivity index (χ2v) is 9.48. The van der Waals surface area contributed by atoms with E-state index in [1.165, 1.54) is 0 Å². The molecule has 0 aliphatic rings. The molecule has 1 nitrogen and oxygen atoms in total. The average Bonchev–Trinajstić information content (AvgIpc) is 1.57. The van der Waals surface area contributed by atoms with Crippen LogP contribution in [-0.2, 0) is 4.43 Å². The zero-order valence-corrected chi connectivity index (χ0v) is 10.1. The molecular weight excluding hydrogens is 147 g/mol. The van der Waals surface area contributed by atoms with E-state index in [2.05, 4.69) is 40.4 Å². The Morgan fingerprint density at radius 3 is 1.64 bits per heavy atom. The van der Waals surface area contributed by atoms with E-state index in [0.29, 0.717) is 5.41 Å². The second kappa shape index (κ2) is 4.72. The fraction of sp³-hybridized carbons (Fsp3) is 1.00. The maximum Gasteiger partial charge on any atom is 1.00 e. The molecule has 0 spiro atoms. The zero-order valence-electron chi connectivity index (χ0n) is 10.1. The van der Waals surface area contributed by atoms with Gasteiger partial charge in [-0.25, -0.2) is 0 Å². The molecular formula is C8H21LiOSi. The van der Waals surface area contributed by atoms with Gasteiger partial charge in [-0.2, -0.15) is 0 Å². The minimum atomic E-state index is -1.27. The SMILES string of the molecule is CC(C)(C)CO[Si](C)(C)C.[H-].[Li+]. The molecule has 0 aromatic rings. The summed E-state index contributed by atoms with van der Waals surface area (Å²) in [5.74, 6) is 0. The Balaban J connectivity index is -0.000000405. The molecule has 0 heterocycles. The van der Waals surface area contributed by atoms with Gasteiger partial charge in [-0.05, 0) is 25.1 Å². The predicted molar refractivity (Wildman–Crippen MR) is 49.9 cm³/mol. The molecule has 0 aliphatic carbocycles. The van der Waals surface area contributed by atoms with Crippen LogP contribution in [0.1, 0.15) is 22.2 Å². The van der Waals surface area contributed by atoms with Gasteiger partial charge < -0.3 is 5.85 Å². The van der Waals surface area contributed by atoms with Gasteiger partial charge in [0.25, 0.3) is 0 Å². The fourth-order valence-corrected chi connectivity index (χ4v) is 1.30. The molecule has 0 N–H and O–H groups in total. The molecule has 0 unspecified atom stereocenters. The van der Waals surface area contributed by atoms with Crippen molar-refractivity contribution in [3.63, 3.8) is 0 Å². The molecule has 0 fully saturated rings. The first kappa shape index (κ1) is 14.3. The Labute approximate surface area is 85.7 Å². The first-order chi connectivity index (χ1) is 4.21. The van der Waals surface area contributed by atoms with Crippen molar-refractivity contribution in [2.45, 2.75) is 40.4 Å². The molecule has 0 amide bonds. The molecule has 0 bridgehead atoms. The van der Waals surface area contributed by atoms with Crippen LogP contribution in [0.4, 0.5) is 0 Å². The number of rotatable bonds is 2. The van der Waals surface area contributed by atoms with Crippen LogP contribution in [0.3, 0.4) is 0 Å². The van der Waals surface area contributed by atoms with Gasteiger partial charge in [0.15, 0.2) is 8.32 Å². The third-order valence-electron chi connectivity index (χ3n) is 0.938. The molecule has 0 saturated carbocycles. The summed E-state index contributed by atoms with van der Waals surface area (Å²) in [5.41, 5.74) is 0.320. The van der Waals surface area contributed by atoms with Crippen LogP contribution in [0.5, 0.6) is 0 Å². The van der Waals surface area contributed by atoms with E-state index >= 15 is 0 Å². The summed E-state index contributed by atoms with van der Waals surface area (Å²) < 4.78 is 5.73. The Morgan fingerprint density at radius 2 is 1.55 bits per heavy atom. The van der Waals surface area contributed by atoms with Gasteiger partial charge in [-0.15, -0.1) is 0 Å². The third-order valence-corrected chi connectivity index (χ3v) is 1.95. The van der Waals surface area contributed by atoms with Crippen LogP contribution >= 0.6 is 0 Å². The van der Waals surface area contributed by atoms with Crippen molar-refractivity contribution in [3.8, 4) is 0 Å². The van der Waals surface area contributed by atoms with E-state index in [9.17, 15) is 0 Å². The van der Waals surface area contributed by atoms with E-state index in [0.717, 1.165) is 6.61 Å². The van der Waals surface area contributed by atoms with Gasteiger partial charge in [0, 0.05) is 6.61 Å². The minimum absolute atomic E-state index is 0. The third kappa shape index (κ3) is 13.7. The fourth-order valence-electron chi connectivity index (χ4n) is 0.433. The van der Waals surface area contributed by atoms with Gasteiger partial charge in [0.2, 0.25) is 0 Å². The molecule has 0 aromatic heterocycles. The van der Waals surface area contributed by atoms with Crippen LogP contribution in [0.2, 0.25) is 19.6 Å². The van der Waals surface area contributed by atoms with Crippen LogP contribution in [-0.4, -0.2) is 14.9 Å². The van der Waals surface area contributed by atoms with Crippen LogP contribution in [0.25, 0.3) is 0 Å². The largest absolute Gasteiger partial charge is 1.00 e. The smallest absolute Gasteiger partial charge is 1.00 e. The van der Waals surface area contributed by atoms with Crippen molar-refractivity contribution in [2.24, 2.45) is 5.41 Å². The standard InChI is InChI=1S/C8H20OSi.Li.H/c1-8(2,3)7-9-10(4,5)6;;/h7H2,1-6H3;;/q;+1;-1. The van der Waals surface area contributed by atoms with Crippen molar-refractivity contribution in [1.82, 2.24) is 0 Å². The first-order valence-electron chi connectivity index (χ1n) is 3.85. The zero-order chi connectivity index (χ0) is 8.41. The summed E-state index contributed by atoms with van der Waals surface area (Å²) in [4.78, 5) is 0. The topological polar surface area (TPSA) is 9.23 Å². The number of hydrogen-bond acceptors (Lipinski definition) is 1. The van der Waals surface area contributed by atoms with E-state index in [-0.39, 0.29) is 20.3 Å². The minimum Gasteiger partial charge on any atom is -1.00 e. The Kier molecular flexibility index (Phi) is 6.13. The normalized spacial score (nSPS) is 12.5. The van der Waals surface area contributed by atoms with Gasteiger partial charge in [0.1, 0.15) is 0 Å². The van der Waals surface area contributed by atoms with E-state index in [1.54, 1.807) is 0 Å². The van der Waals surface area contributed by atoms with Gasteiger partial charge in [-0.1, -0.05) is 20.8 Å². The Morgan fingerprint density at radius 1 is 1.18 bits per heavy atom. The molecule has 0 aromatic carbocycles. The van der Waals surface area contributed by atoms with Crippen LogP contribution in [0, 0.1) is 5.41 Å². The predicted octanol–water partition coefficient (Wildman–Crippen LogP) is 0.000500. The summed E-state index contributed by atoms with van der Waals surface area (Å²) >= 11 is 0. The molecule has 3 heteroatoms. The molecule has 0 atom stereocenters. The Bertz CT molecular complexity index is 92.6. The molecule has 11 heavy (non-hydrogen) atoms. The van der Waals surface area contributed by atoms with E-state index in [1.807, 2.05) is 0 Å². The summed E-state index contributed by atoms with van der Waals surface area (Å²) in [6.45, 7) is 14.2. The van der Waals surface area contributed by atoms with Crippen molar-refractivity contribution in [3.05, 3.63) is 0 Å². The average molecular weight is 168 g/mol. The molecule has 0 saturated heterocycles. The summed E-state index contributed by atoms with van der Waals surface area (Å²) in [5, 5.41) is 0. The summed E-state index contributed by atoms with van der Waals surface area (Å²) in [6, 6.07) is 0.